The number of carbonyl (C=O) groups excluding carboxylic acids is 2. The Hall–Kier alpha value is -1.92. The van der Waals surface area contributed by atoms with Gasteiger partial charge in [0.15, 0.2) is 6.10 Å². The average molecular weight is 257 g/mol. The number of nitrogens with zero attached hydrogens (tertiary/aromatic N) is 1. The summed E-state index contributed by atoms with van der Waals surface area (Å²) in [6.45, 7) is 2.95. The molecule has 0 aromatic heterocycles. The Morgan fingerprint density at radius 3 is 2.67 bits per heavy atom. The minimum absolute atomic E-state index is 0.154. The first kappa shape index (κ1) is 14.1. The molecular weight excluding hydrogens is 242 g/mol. The van der Waals surface area contributed by atoms with Crippen molar-refractivity contribution in [2.75, 3.05) is 6.61 Å². The molecule has 0 bridgehead atoms. The Labute approximate surface area is 104 Å². The Balaban J connectivity index is 2.91. The first-order valence-corrected chi connectivity index (χ1v) is 5.61. The lowest BCUT2D eigenvalue weighted by molar-refractivity contribution is -0.539. The normalized spacial score (nSPS) is 26.4. The summed E-state index contributed by atoms with van der Waals surface area (Å²) in [5, 5.41) is 11.0. The largest absolute Gasteiger partial charge is 0.466 e. The third kappa shape index (κ3) is 3.28. The third-order valence-electron chi connectivity index (χ3n) is 2.60. The zero-order valence-electron chi connectivity index (χ0n) is 10.2. The summed E-state index contributed by atoms with van der Waals surface area (Å²) in [6, 6.07) is -1.29. The van der Waals surface area contributed by atoms with Crippen molar-refractivity contribution in [1.82, 2.24) is 0 Å². The molecule has 7 nitrogen and oxygen atoms in total. The van der Waals surface area contributed by atoms with Crippen LogP contribution in [0.3, 0.4) is 0 Å². The molecule has 1 aliphatic carbocycles. The fraction of sp³-hybridized carbons (Fsp3) is 0.636. The Morgan fingerprint density at radius 1 is 1.50 bits per heavy atom. The molecule has 100 valence electrons. The molecular formula is C11H15NO6. The summed E-state index contributed by atoms with van der Waals surface area (Å²) in [7, 11) is 0. The van der Waals surface area contributed by atoms with Gasteiger partial charge in [0.2, 0.25) is 0 Å². The second-order valence-corrected chi connectivity index (χ2v) is 3.87. The van der Waals surface area contributed by atoms with Crippen molar-refractivity contribution < 1.29 is 24.0 Å². The molecule has 0 spiro atoms. The van der Waals surface area contributed by atoms with Gasteiger partial charge in [-0.2, -0.15) is 0 Å². The highest BCUT2D eigenvalue weighted by Gasteiger charge is 2.46. The maximum absolute atomic E-state index is 11.6. The average Bonchev–Trinajstić information content (AvgIpc) is 2.27. The molecule has 0 amide bonds. The molecule has 0 saturated heterocycles. The zero-order valence-corrected chi connectivity index (χ0v) is 10.2. The molecule has 0 heterocycles. The maximum Gasteiger partial charge on any atom is 0.316 e. The number of rotatable bonds is 4. The monoisotopic (exact) mass is 257 g/mol. The van der Waals surface area contributed by atoms with E-state index in [-0.39, 0.29) is 13.0 Å². The molecule has 18 heavy (non-hydrogen) atoms. The van der Waals surface area contributed by atoms with Crippen molar-refractivity contribution in [3.63, 3.8) is 0 Å². The van der Waals surface area contributed by atoms with E-state index >= 15 is 0 Å². The summed E-state index contributed by atoms with van der Waals surface area (Å²) in [5.41, 5.74) is 0. The second-order valence-electron chi connectivity index (χ2n) is 3.87. The molecule has 0 saturated carbocycles. The molecule has 7 heteroatoms. The van der Waals surface area contributed by atoms with Crippen molar-refractivity contribution >= 4 is 11.9 Å². The molecule has 0 aromatic carbocycles. The third-order valence-corrected chi connectivity index (χ3v) is 2.60. The summed E-state index contributed by atoms with van der Waals surface area (Å²) < 4.78 is 9.65. The number of carbonyl (C=O) groups is 2. The molecule has 0 aromatic rings. The Kier molecular flexibility index (Phi) is 4.82. The number of esters is 2. The summed E-state index contributed by atoms with van der Waals surface area (Å²) >= 11 is 0. The van der Waals surface area contributed by atoms with E-state index in [1.54, 1.807) is 13.0 Å². The summed E-state index contributed by atoms with van der Waals surface area (Å²) in [6.07, 6.45) is 2.21. The number of allylic oxidation sites excluding steroid dienone is 1. The van der Waals surface area contributed by atoms with Crippen LogP contribution in [0.25, 0.3) is 0 Å². The van der Waals surface area contributed by atoms with Crippen LogP contribution in [0.5, 0.6) is 0 Å². The van der Waals surface area contributed by atoms with E-state index < -0.39 is 34.9 Å². The summed E-state index contributed by atoms with van der Waals surface area (Å²) in [5.74, 6) is -2.18. The Bertz CT molecular complexity index is 378. The predicted molar refractivity (Wildman–Crippen MR) is 60.2 cm³/mol. The number of ether oxygens (including phenoxy) is 2. The van der Waals surface area contributed by atoms with Crippen LogP contribution in [-0.4, -0.2) is 35.6 Å². The van der Waals surface area contributed by atoms with E-state index in [1.165, 1.54) is 13.0 Å². The molecule has 0 N–H and O–H groups in total. The van der Waals surface area contributed by atoms with Gasteiger partial charge in [-0.15, -0.1) is 0 Å². The van der Waals surface area contributed by atoms with Crippen LogP contribution >= 0.6 is 0 Å². The topological polar surface area (TPSA) is 95.7 Å². The predicted octanol–water partition coefficient (Wildman–Crippen LogP) is 0.703. The molecule has 0 aliphatic heterocycles. The fourth-order valence-electron chi connectivity index (χ4n) is 1.89. The minimum Gasteiger partial charge on any atom is -0.466 e. The van der Waals surface area contributed by atoms with Crippen LogP contribution in [-0.2, 0) is 19.1 Å². The standard InChI is InChI=1S/C11H15NO6/c1-3-17-11(14)8-5-4-6-9(18-7(2)13)10(8)12(15)16/h4,6,8-10H,3,5H2,1-2H3. The van der Waals surface area contributed by atoms with Gasteiger partial charge < -0.3 is 9.47 Å². The van der Waals surface area contributed by atoms with Gasteiger partial charge >= 0.3 is 11.9 Å². The fourth-order valence-corrected chi connectivity index (χ4v) is 1.89. The molecule has 0 fully saturated rings. The van der Waals surface area contributed by atoms with Crippen molar-refractivity contribution in [1.29, 1.82) is 0 Å². The minimum atomic E-state index is -1.29. The lowest BCUT2D eigenvalue weighted by atomic mass is 9.87. The highest BCUT2D eigenvalue weighted by Crippen LogP contribution is 2.25. The smallest absolute Gasteiger partial charge is 0.316 e. The highest BCUT2D eigenvalue weighted by molar-refractivity contribution is 5.74. The van der Waals surface area contributed by atoms with Crippen LogP contribution < -0.4 is 0 Å². The number of hydrogen-bond donors (Lipinski definition) is 0. The van der Waals surface area contributed by atoms with E-state index in [0.29, 0.717) is 0 Å². The second kappa shape index (κ2) is 6.13. The lowest BCUT2D eigenvalue weighted by Crippen LogP contribution is -2.46. The van der Waals surface area contributed by atoms with E-state index in [0.717, 1.165) is 0 Å². The Morgan fingerprint density at radius 2 is 2.17 bits per heavy atom. The van der Waals surface area contributed by atoms with Crippen LogP contribution in [0.4, 0.5) is 0 Å². The van der Waals surface area contributed by atoms with Gasteiger partial charge in [-0.05, 0) is 19.4 Å². The van der Waals surface area contributed by atoms with Crippen LogP contribution in [0.2, 0.25) is 0 Å². The molecule has 0 radical (unpaired) electrons. The van der Waals surface area contributed by atoms with Crippen LogP contribution in [0, 0.1) is 16.0 Å². The van der Waals surface area contributed by atoms with Gasteiger partial charge in [-0.1, -0.05) is 6.08 Å². The van der Waals surface area contributed by atoms with Crippen LogP contribution in [0.1, 0.15) is 20.3 Å². The van der Waals surface area contributed by atoms with Gasteiger partial charge in [-0.3, -0.25) is 19.7 Å². The molecule has 3 unspecified atom stereocenters. The van der Waals surface area contributed by atoms with Crippen molar-refractivity contribution in [2.45, 2.75) is 32.4 Å². The van der Waals surface area contributed by atoms with Gasteiger partial charge in [0.1, 0.15) is 5.92 Å². The van der Waals surface area contributed by atoms with Crippen LogP contribution in [0.15, 0.2) is 12.2 Å². The van der Waals surface area contributed by atoms with E-state index in [9.17, 15) is 19.7 Å². The van der Waals surface area contributed by atoms with Crippen molar-refractivity contribution in [3.8, 4) is 0 Å². The quantitative estimate of drug-likeness (QED) is 0.318. The van der Waals surface area contributed by atoms with E-state index in [1.807, 2.05) is 0 Å². The first-order valence-electron chi connectivity index (χ1n) is 5.61. The van der Waals surface area contributed by atoms with Gasteiger partial charge in [-0.25, -0.2) is 0 Å². The van der Waals surface area contributed by atoms with Gasteiger partial charge in [0.25, 0.3) is 6.04 Å². The van der Waals surface area contributed by atoms with Gasteiger partial charge in [0.05, 0.1) is 6.61 Å². The molecule has 1 aliphatic rings. The highest BCUT2D eigenvalue weighted by atomic mass is 16.6. The van der Waals surface area contributed by atoms with Gasteiger partial charge in [0, 0.05) is 11.8 Å². The number of nitro groups is 1. The first-order chi connectivity index (χ1) is 8.47. The van der Waals surface area contributed by atoms with Crippen molar-refractivity contribution in [3.05, 3.63) is 22.3 Å². The van der Waals surface area contributed by atoms with E-state index in [4.69, 9.17) is 9.47 Å². The number of hydrogen-bond acceptors (Lipinski definition) is 6. The summed E-state index contributed by atoms with van der Waals surface area (Å²) in [4.78, 5) is 33.0. The molecule has 1 rings (SSSR count). The zero-order chi connectivity index (χ0) is 13.7. The SMILES string of the molecule is CCOC(=O)C1CC=CC(OC(C)=O)C1[N+](=O)[O-]. The van der Waals surface area contributed by atoms with E-state index in [2.05, 4.69) is 0 Å². The lowest BCUT2D eigenvalue weighted by Gasteiger charge is -2.26. The molecule has 3 atom stereocenters. The maximum atomic E-state index is 11.6. The van der Waals surface area contributed by atoms with Crippen molar-refractivity contribution in [2.24, 2.45) is 5.92 Å².